The van der Waals surface area contributed by atoms with Crippen molar-refractivity contribution in [3.05, 3.63) is 23.8 Å². The normalized spacial score (nSPS) is 14.2. The van der Waals surface area contributed by atoms with E-state index in [0.29, 0.717) is 42.7 Å². The lowest BCUT2D eigenvalue weighted by Gasteiger charge is -2.24. The molecule has 0 aromatic heterocycles. The Hall–Kier alpha value is -1.46. The van der Waals surface area contributed by atoms with E-state index in [0.717, 1.165) is 6.42 Å². The van der Waals surface area contributed by atoms with Crippen LogP contribution in [0.4, 0.5) is 0 Å². The minimum atomic E-state index is -0.0618. The number of nitrogens with zero attached hydrogens (tertiary/aromatic N) is 1. The number of carbonyl (C=O) groups is 1. The quantitative estimate of drug-likeness (QED) is 0.901. The predicted molar refractivity (Wildman–Crippen MR) is 89.1 cm³/mol. The number of benzene rings is 1. The van der Waals surface area contributed by atoms with Gasteiger partial charge in [-0.05, 0) is 24.5 Å². The number of carbonyl (C=O) groups excluding carboxylic acids is 1. The third kappa shape index (κ3) is 4.27. The Kier molecular flexibility index (Phi) is 6.97. The molecule has 1 aromatic carbocycles. The fraction of sp³-hybridized carbons (Fsp3) is 0.562. The van der Waals surface area contributed by atoms with Crippen molar-refractivity contribution in [2.75, 3.05) is 26.8 Å². The van der Waals surface area contributed by atoms with Crippen molar-refractivity contribution in [1.29, 1.82) is 0 Å². The molecule has 2 N–H and O–H groups in total. The number of ether oxygens (including phenoxy) is 2. The highest BCUT2D eigenvalue weighted by molar-refractivity contribution is 5.97. The Morgan fingerprint density at radius 1 is 1.32 bits per heavy atom. The molecule has 1 unspecified atom stereocenters. The predicted octanol–water partition coefficient (Wildman–Crippen LogP) is 2.33. The Labute approximate surface area is 138 Å². The van der Waals surface area contributed by atoms with Gasteiger partial charge in [0.1, 0.15) is 13.2 Å². The van der Waals surface area contributed by atoms with E-state index < -0.39 is 0 Å². The average Bonchev–Trinajstić information content (AvgIpc) is 2.50. The maximum Gasteiger partial charge on any atom is 0.257 e. The molecule has 22 heavy (non-hydrogen) atoms. The molecule has 1 heterocycles. The summed E-state index contributed by atoms with van der Waals surface area (Å²) in [6.45, 7) is 5.79. The number of hydrogen-bond acceptors (Lipinski definition) is 4. The van der Waals surface area contributed by atoms with Gasteiger partial charge in [0, 0.05) is 19.6 Å². The molecule has 1 aromatic rings. The molecule has 5 nitrogen and oxygen atoms in total. The lowest BCUT2D eigenvalue weighted by atomic mass is 10.0. The topological polar surface area (TPSA) is 64.8 Å². The van der Waals surface area contributed by atoms with Crippen LogP contribution in [0, 0.1) is 5.92 Å². The Bertz CT molecular complexity index is 508. The van der Waals surface area contributed by atoms with E-state index in [1.807, 2.05) is 12.1 Å². The lowest BCUT2D eigenvalue weighted by molar-refractivity contribution is 0.0778. The van der Waals surface area contributed by atoms with Gasteiger partial charge in [-0.25, -0.2) is 0 Å². The second-order valence-electron chi connectivity index (χ2n) is 5.75. The van der Waals surface area contributed by atoms with Gasteiger partial charge in [-0.3, -0.25) is 4.79 Å². The molecular formula is C16H25ClN2O3. The summed E-state index contributed by atoms with van der Waals surface area (Å²) in [6, 6.07) is 5.51. The van der Waals surface area contributed by atoms with Gasteiger partial charge < -0.3 is 20.1 Å². The first kappa shape index (κ1) is 18.6. The Morgan fingerprint density at radius 2 is 2.00 bits per heavy atom. The molecule has 6 heteroatoms. The number of amides is 1. The first-order valence-electron chi connectivity index (χ1n) is 7.40. The molecule has 0 saturated carbocycles. The summed E-state index contributed by atoms with van der Waals surface area (Å²) < 4.78 is 11.1. The van der Waals surface area contributed by atoms with Gasteiger partial charge >= 0.3 is 0 Å². The van der Waals surface area contributed by atoms with Gasteiger partial charge in [0.2, 0.25) is 0 Å². The van der Waals surface area contributed by atoms with Crippen molar-refractivity contribution in [1.82, 2.24) is 4.90 Å². The van der Waals surface area contributed by atoms with Gasteiger partial charge in [0.25, 0.3) is 5.91 Å². The van der Waals surface area contributed by atoms with Crippen LogP contribution in [0.3, 0.4) is 0 Å². The number of hydrogen-bond donors (Lipinski definition) is 1. The van der Waals surface area contributed by atoms with Crippen LogP contribution in [-0.4, -0.2) is 43.7 Å². The molecule has 0 spiro atoms. The van der Waals surface area contributed by atoms with E-state index in [2.05, 4.69) is 13.8 Å². The number of fused-ring (bicyclic) bond motifs is 1. The van der Waals surface area contributed by atoms with Crippen LogP contribution in [0.1, 0.15) is 30.6 Å². The van der Waals surface area contributed by atoms with Crippen LogP contribution in [0.25, 0.3) is 0 Å². The van der Waals surface area contributed by atoms with E-state index in [-0.39, 0.29) is 24.4 Å². The first-order valence-corrected chi connectivity index (χ1v) is 7.40. The van der Waals surface area contributed by atoms with Crippen molar-refractivity contribution in [2.24, 2.45) is 11.7 Å². The van der Waals surface area contributed by atoms with Gasteiger partial charge in [-0.2, -0.15) is 0 Å². The van der Waals surface area contributed by atoms with Crippen molar-refractivity contribution < 1.29 is 14.3 Å². The van der Waals surface area contributed by atoms with Crippen molar-refractivity contribution in [3.8, 4) is 11.5 Å². The third-order valence-corrected chi connectivity index (χ3v) is 3.80. The monoisotopic (exact) mass is 328 g/mol. The maximum atomic E-state index is 12.5. The number of rotatable bonds is 5. The molecule has 1 amide bonds. The SMILES string of the molecule is CC(C)C(N)CCN(C)C(=O)c1cccc2c1OCCO2.Cl. The molecular weight excluding hydrogens is 304 g/mol. The molecule has 1 aliphatic rings. The van der Waals surface area contributed by atoms with E-state index in [1.54, 1.807) is 18.0 Å². The van der Waals surface area contributed by atoms with Crippen LogP contribution in [0.2, 0.25) is 0 Å². The van der Waals surface area contributed by atoms with Gasteiger partial charge in [0.05, 0.1) is 5.56 Å². The van der Waals surface area contributed by atoms with Crippen molar-refractivity contribution >= 4 is 18.3 Å². The molecule has 0 saturated heterocycles. The molecule has 0 fully saturated rings. The highest BCUT2D eigenvalue weighted by atomic mass is 35.5. The summed E-state index contributed by atoms with van der Waals surface area (Å²) in [6.07, 6.45) is 0.784. The Morgan fingerprint density at radius 3 is 2.68 bits per heavy atom. The van der Waals surface area contributed by atoms with Crippen molar-refractivity contribution in [2.45, 2.75) is 26.3 Å². The summed E-state index contributed by atoms with van der Waals surface area (Å²) >= 11 is 0. The molecule has 1 aliphatic heterocycles. The zero-order valence-corrected chi connectivity index (χ0v) is 14.2. The van der Waals surface area contributed by atoms with Crippen LogP contribution in [-0.2, 0) is 0 Å². The number of halogens is 1. The Balaban J connectivity index is 0.00000242. The highest BCUT2D eigenvalue weighted by Crippen LogP contribution is 2.34. The van der Waals surface area contributed by atoms with Crippen LogP contribution in [0.5, 0.6) is 11.5 Å². The molecule has 0 aliphatic carbocycles. The molecule has 1 atom stereocenters. The zero-order valence-electron chi connectivity index (χ0n) is 13.4. The molecule has 124 valence electrons. The number of nitrogens with two attached hydrogens (primary N) is 1. The maximum absolute atomic E-state index is 12.5. The fourth-order valence-corrected chi connectivity index (χ4v) is 2.23. The second-order valence-corrected chi connectivity index (χ2v) is 5.75. The van der Waals surface area contributed by atoms with E-state index in [4.69, 9.17) is 15.2 Å². The van der Waals surface area contributed by atoms with Crippen molar-refractivity contribution in [3.63, 3.8) is 0 Å². The minimum absolute atomic E-state index is 0. The van der Waals surface area contributed by atoms with Gasteiger partial charge in [0.15, 0.2) is 11.5 Å². The lowest BCUT2D eigenvalue weighted by Crippen LogP contribution is -2.35. The smallest absolute Gasteiger partial charge is 0.257 e. The standard InChI is InChI=1S/C16H24N2O3.ClH/c1-11(2)13(17)7-8-18(3)16(19)12-5-4-6-14-15(12)21-10-9-20-14;/h4-6,11,13H,7-10,17H2,1-3H3;1H. The van der Waals surface area contributed by atoms with E-state index in [1.165, 1.54) is 0 Å². The summed E-state index contributed by atoms with van der Waals surface area (Å²) in [5, 5.41) is 0. The van der Waals surface area contributed by atoms with E-state index >= 15 is 0 Å². The summed E-state index contributed by atoms with van der Waals surface area (Å²) in [5.41, 5.74) is 6.58. The van der Waals surface area contributed by atoms with Crippen LogP contribution < -0.4 is 15.2 Å². The average molecular weight is 329 g/mol. The largest absolute Gasteiger partial charge is 0.486 e. The summed E-state index contributed by atoms with van der Waals surface area (Å²) in [4.78, 5) is 14.2. The zero-order chi connectivity index (χ0) is 15.4. The third-order valence-electron chi connectivity index (χ3n) is 3.80. The molecule has 0 radical (unpaired) electrons. The fourth-order valence-electron chi connectivity index (χ4n) is 2.23. The summed E-state index contributed by atoms with van der Waals surface area (Å²) in [7, 11) is 1.79. The molecule has 0 bridgehead atoms. The minimum Gasteiger partial charge on any atom is -0.486 e. The van der Waals surface area contributed by atoms with E-state index in [9.17, 15) is 4.79 Å². The first-order chi connectivity index (χ1) is 10.0. The molecule has 2 rings (SSSR count). The van der Waals surface area contributed by atoms with Crippen LogP contribution in [0.15, 0.2) is 18.2 Å². The van der Waals surface area contributed by atoms with Gasteiger partial charge in [-0.1, -0.05) is 19.9 Å². The highest BCUT2D eigenvalue weighted by Gasteiger charge is 2.23. The summed E-state index contributed by atoms with van der Waals surface area (Å²) in [5.74, 6) is 1.54. The van der Waals surface area contributed by atoms with Gasteiger partial charge in [-0.15, -0.1) is 12.4 Å². The van der Waals surface area contributed by atoms with Crippen LogP contribution >= 0.6 is 12.4 Å². The number of para-hydroxylation sites is 1. The second kappa shape index (κ2) is 8.25.